The Morgan fingerprint density at radius 3 is 1.88 bits per heavy atom. The summed E-state index contributed by atoms with van der Waals surface area (Å²) in [5.74, 6) is -1.21. The highest BCUT2D eigenvalue weighted by atomic mass is 32.1. The standard InChI is InChI=1S/C3H3F2NOS/c4-2(5)1(8)3(6)7/h8H,(H2,6,7). The van der Waals surface area contributed by atoms with Crippen LogP contribution in [0.4, 0.5) is 8.78 Å². The summed E-state index contributed by atoms with van der Waals surface area (Å²) in [7, 11) is 0. The van der Waals surface area contributed by atoms with Crippen LogP contribution in [0, 0.1) is 0 Å². The van der Waals surface area contributed by atoms with Crippen molar-refractivity contribution in [3.63, 3.8) is 0 Å². The van der Waals surface area contributed by atoms with Gasteiger partial charge in [0.15, 0.2) is 0 Å². The first-order valence-electron chi connectivity index (χ1n) is 1.59. The topological polar surface area (TPSA) is 43.1 Å². The van der Waals surface area contributed by atoms with Crippen molar-refractivity contribution < 1.29 is 13.6 Å². The van der Waals surface area contributed by atoms with E-state index >= 15 is 0 Å². The van der Waals surface area contributed by atoms with Crippen LogP contribution in [-0.2, 0) is 4.79 Å². The van der Waals surface area contributed by atoms with Crippen LogP contribution in [0.5, 0.6) is 0 Å². The van der Waals surface area contributed by atoms with Crippen LogP contribution in [0.1, 0.15) is 0 Å². The van der Waals surface area contributed by atoms with Gasteiger partial charge >= 0.3 is 0 Å². The molecule has 46 valence electrons. The molecule has 0 atom stereocenters. The van der Waals surface area contributed by atoms with E-state index in [0.717, 1.165) is 0 Å². The molecular formula is C3H3F2NOS. The summed E-state index contributed by atoms with van der Waals surface area (Å²) < 4.78 is 22.4. The quantitative estimate of drug-likeness (QED) is 0.403. The van der Waals surface area contributed by atoms with Crippen molar-refractivity contribution in [2.45, 2.75) is 0 Å². The SMILES string of the molecule is NC(=O)C(S)=C(F)F. The molecule has 0 spiro atoms. The van der Waals surface area contributed by atoms with Gasteiger partial charge in [-0.15, -0.1) is 12.6 Å². The number of hydrogen-bond acceptors (Lipinski definition) is 2. The molecule has 0 aromatic carbocycles. The maximum absolute atomic E-state index is 11.2. The number of rotatable bonds is 1. The monoisotopic (exact) mass is 139 g/mol. The lowest BCUT2D eigenvalue weighted by molar-refractivity contribution is -0.114. The molecule has 0 radical (unpaired) electrons. The number of amides is 1. The van der Waals surface area contributed by atoms with Gasteiger partial charge in [0.05, 0.1) is 0 Å². The molecule has 0 aromatic heterocycles. The summed E-state index contributed by atoms with van der Waals surface area (Å²) in [6, 6.07) is 0. The van der Waals surface area contributed by atoms with Crippen LogP contribution in [0.15, 0.2) is 11.0 Å². The summed E-state index contributed by atoms with van der Waals surface area (Å²) in [6.07, 6.45) is -2.15. The zero-order valence-electron chi connectivity index (χ0n) is 3.69. The Kier molecular flexibility index (Phi) is 2.47. The minimum Gasteiger partial charge on any atom is -0.365 e. The number of halogens is 2. The molecule has 0 unspecified atom stereocenters. The summed E-state index contributed by atoms with van der Waals surface area (Å²) in [5, 5.41) is 0. The summed E-state index contributed by atoms with van der Waals surface area (Å²) in [6.45, 7) is 0. The second kappa shape index (κ2) is 2.66. The first-order valence-corrected chi connectivity index (χ1v) is 2.04. The van der Waals surface area contributed by atoms with E-state index in [1.54, 1.807) is 0 Å². The maximum atomic E-state index is 11.2. The van der Waals surface area contributed by atoms with E-state index < -0.39 is 16.9 Å². The number of carbonyl (C=O) groups excluding carboxylic acids is 1. The third-order valence-corrected chi connectivity index (χ3v) is 0.802. The minimum atomic E-state index is -2.15. The third-order valence-electron chi connectivity index (χ3n) is 0.412. The van der Waals surface area contributed by atoms with Crippen LogP contribution in [0.3, 0.4) is 0 Å². The van der Waals surface area contributed by atoms with Crippen molar-refractivity contribution in [3.05, 3.63) is 11.0 Å². The molecule has 0 fully saturated rings. The first kappa shape index (κ1) is 7.42. The van der Waals surface area contributed by atoms with Gasteiger partial charge in [0, 0.05) is 0 Å². The van der Waals surface area contributed by atoms with Crippen molar-refractivity contribution in [2.75, 3.05) is 0 Å². The Morgan fingerprint density at radius 2 is 1.88 bits per heavy atom. The zero-order valence-corrected chi connectivity index (χ0v) is 4.58. The molecule has 2 N–H and O–H groups in total. The highest BCUT2D eigenvalue weighted by Gasteiger charge is 2.05. The minimum absolute atomic E-state index is 0.981. The number of primary amides is 1. The largest absolute Gasteiger partial charge is 0.365 e. The molecule has 0 aromatic rings. The van der Waals surface area contributed by atoms with Crippen LogP contribution in [-0.4, -0.2) is 5.91 Å². The predicted octanol–water partition coefficient (Wildman–Crippen LogP) is 0.510. The normalized spacial score (nSPS) is 8.38. The predicted molar refractivity (Wildman–Crippen MR) is 27.4 cm³/mol. The van der Waals surface area contributed by atoms with Gasteiger partial charge in [-0.25, -0.2) is 0 Å². The Balaban J connectivity index is 4.23. The number of nitrogens with two attached hydrogens (primary N) is 1. The van der Waals surface area contributed by atoms with Crippen molar-refractivity contribution in [3.8, 4) is 0 Å². The van der Waals surface area contributed by atoms with Gasteiger partial charge in [-0.2, -0.15) is 8.78 Å². The molecule has 0 aliphatic heterocycles. The second-order valence-electron chi connectivity index (χ2n) is 0.973. The van der Waals surface area contributed by atoms with Crippen molar-refractivity contribution in [1.82, 2.24) is 0 Å². The molecule has 0 bridgehead atoms. The summed E-state index contributed by atoms with van der Waals surface area (Å²) in [5.41, 5.74) is 4.38. The Labute approximate surface area is 49.8 Å². The molecule has 2 nitrogen and oxygen atoms in total. The van der Waals surface area contributed by atoms with Gasteiger partial charge in [0.25, 0.3) is 12.0 Å². The van der Waals surface area contributed by atoms with E-state index in [2.05, 4.69) is 18.4 Å². The smallest absolute Gasteiger partial charge is 0.289 e. The molecule has 5 heteroatoms. The van der Waals surface area contributed by atoms with E-state index in [9.17, 15) is 13.6 Å². The van der Waals surface area contributed by atoms with Crippen molar-refractivity contribution in [1.29, 1.82) is 0 Å². The Morgan fingerprint density at radius 1 is 1.50 bits per heavy atom. The highest BCUT2D eigenvalue weighted by molar-refractivity contribution is 7.85. The van der Waals surface area contributed by atoms with Crippen LogP contribution in [0.2, 0.25) is 0 Å². The molecule has 8 heavy (non-hydrogen) atoms. The van der Waals surface area contributed by atoms with E-state index in [-0.39, 0.29) is 0 Å². The van der Waals surface area contributed by atoms with Gasteiger partial charge in [-0.1, -0.05) is 0 Å². The fraction of sp³-hybridized carbons (Fsp3) is 0. The van der Waals surface area contributed by atoms with Gasteiger partial charge in [0.1, 0.15) is 4.91 Å². The maximum Gasteiger partial charge on any atom is 0.289 e. The molecule has 0 heterocycles. The average Bonchev–Trinajstić information content (AvgIpc) is 1.64. The number of thiol groups is 1. The molecule has 0 aliphatic carbocycles. The summed E-state index contributed by atoms with van der Waals surface area (Å²) >= 11 is 3.07. The second-order valence-corrected chi connectivity index (χ2v) is 1.42. The van der Waals surface area contributed by atoms with Gasteiger partial charge < -0.3 is 5.73 Å². The lowest BCUT2D eigenvalue weighted by Gasteiger charge is -1.85. The first-order chi connectivity index (χ1) is 3.55. The molecule has 0 rings (SSSR count). The Bertz CT molecular complexity index is 140. The van der Waals surface area contributed by atoms with Crippen molar-refractivity contribution >= 4 is 18.5 Å². The van der Waals surface area contributed by atoms with Gasteiger partial charge in [-0.3, -0.25) is 4.79 Å². The average molecular weight is 139 g/mol. The van der Waals surface area contributed by atoms with Gasteiger partial charge in [0.2, 0.25) is 0 Å². The molecule has 0 saturated heterocycles. The van der Waals surface area contributed by atoms with E-state index in [0.29, 0.717) is 0 Å². The lowest BCUT2D eigenvalue weighted by atomic mass is 10.6. The highest BCUT2D eigenvalue weighted by Crippen LogP contribution is 2.09. The summed E-state index contributed by atoms with van der Waals surface area (Å²) in [4.78, 5) is 8.77. The van der Waals surface area contributed by atoms with E-state index in [1.807, 2.05) is 0 Å². The van der Waals surface area contributed by atoms with Gasteiger partial charge in [-0.05, 0) is 0 Å². The Hall–Kier alpha value is -0.580. The molecule has 1 amide bonds. The molecule has 0 aliphatic rings. The lowest BCUT2D eigenvalue weighted by Crippen LogP contribution is -2.10. The number of hydrogen-bond donors (Lipinski definition) is 2. The molecular weight excluding hydrogens is 136 g/mol. The fourth-order valence-electron chi connectivity index (χ4n) is 0.0931. The number of carbonyl (C=O) groups is 1. The fourth-order valence-corrected chi connectivity index (χ4v) is 0.0931. The van der Waals surface area contributed by atoms with Crippen LogP contribution < -0.4 is 5.73 Å². The zero-order chi connectivity index (χ0) is 6.73. The van der Waals surface area contributed by atoms with Crippen LogP contribution in [0.25, 0.3) is 0 Å². The van der Waals surface area contributed by atoms with E-state index in [4.69, 9.17) is 0 Å². The van der Waals surface area contributed by atoms with Crippen molar-refractivity contribution in [2.24, 2.45) is 5.73 Å². The third kappa shape index (κ3) is 1.92. The van der Waals surface area contributed by atoms with Crippen LogP contribution >= 0.6 is 12.6 Å². The molecule has 0 saturated carbocycles. The van der Waals surface area contributed by atoms with E-state index in [1.165, 1.54) is 0 Å².